The number of nitrogens with one attached hydrogen (secondary N) is 1. The van der Waals surface area contributed by atoms with Crippen molar-refractivity contribution in [2.45, 2.75) is 32.2 Å². The molecular weight excluding hydrogens is 356 g/mol. The summed E-state index contributed by atoms with van der Waals surface area (Å²) in [6.07, 6.45) is 4.98. The van der Waals surface area contributed by atoms with Gasteiger partial charge in [0.2, 0.25) is 11.8 Å². The zero-order valence-electron chi connectivity index (χ0n) is 15.9. The summed E-state index contributed by atoms with van der Waals surface area (Å²) in [7, 11) is 0. The molecule has 1 aliphatic rings. The molecule has 1 saturated heterocycles. The molecule has 7 nitrogen and oxygen atoms in total. The molecule has 0 aliphatic carbocycles. The molecule has 3 aromatic rings. The summed E-state index contributed by atoms with van der Waals surface area (Å²) >= 11 is 0. The van der Waals surface area contributed by atoms with Crippen LogP contribution in [0.3, 0.4) is 0 Å². The average Bonchev–Trinajstić information content (AvgIpc) is 3.40. The standard InChI is InChI=1S/C21H24N4O3/c1-15-2-4-16(5-3-15)12-22-19(26)13-25-9-6-17(7-10-25)20-23-24-21(28-20)18-8-11-27-14-18/h2-5,8,11,14,17H,6-7,9-10,12-13H2,1H3,(H,22,26). The quantitative estimate of drug-likeness (QED) is 0.707. The maximum atomic E-state index is 12.2. The van der Waals surface area contributed by atoms with Gasteiger partial charge in [-0.1, -0.05) is 29.8 Å². The number of likely N-dealkylation sites (tertiary alicyclic amines) is 1. The molecule has 0 saturated carbocycles. The number of carbonyl (C=O) groups is 1. The summed E-state index contributed by atoms with van der Waals surface area (Å²) in [5.41, 5.74) is 3.12. The van der Waals surface area contributed by atoms with Crippen LogP contribution in [0.5, 0.6) is 0 Å². The number of aryl methyl sites for hydroxylation is 1. The van der Waals surface area contributed by atoms with Gasteiger partial charge in [-0.2, -0.15) is 0 Å². The van der Waals surface area contributed by atoms with Gasteiger partial charge < -0.3 is 14.2 Å². The molecule has 2 aromatic heterocycles. The van der Waals surface area contributed by atoms with Crippen molar-refractivity contribution in [3.05, 3.63) is 59.9 Å². The number of nitrogens with zero attached hydrogens (tertiary/aromatic N) is 3. The van der Waals surface area contributed by atoms with Crippen molar-refractivity contribution in [3.63, 3.8) is 0 Å². The van der Waals surface area contributed by atoms with Crippen molar-refractivity contribution in [3.8, 4) is 11.5 Å². The van der Waals surface area contributed by atoms with Crippen LogP contribution in [0.2, 0.25) is 0 Å². The second-order valence-electron chi connectivity index (χ2n) is 7.27. The van der Waals surface area contributed by atoms with E-state index < -0.39 is 0 Å². The van der Waals surface area contributed by atoms with Gasteiger partial charge in [0.25, 0.3) is 5.89 Å². The number of piperidine rings is 1. The minimum atomic E-state index is 0.0547. The first kappa shape index (κ1) is 18.4. The number of benzene rings is 1. The highest BCUT2D eigenvalue weighted by molar-refractivity contribution is 5.78. The molecule has 1 N–H and O–H groups in total. The van der Waals surface area contributed by atoms with Crippen LogP contribution >= 0.6 is 0 Å². The Balaban J connectivity index is 1.23. The molecule has 0 unspecified atom stereocenters. The lowest BCUT2D eigenvalue weighted by atomic mass is 9.97. The number of rotatable bonds is 6. The Morgan fingerprint density at radius 2 is 1.96 bits per heavy atom. The normalized spacial score (nSPS) is 15.6. The van der Waals surface area contributed by atoms with Gasteiger partial charge in [-0.15, -0.1) is 10.2 Å². The summed E-state index contributed by atoms with van der Waals surface area (Å²) in [4.78, 5) is 14.4. The van der Waals surface area contributed by atoms with E-state index in [1.54, 1.807) is 18.6 Å². The molecule has 28 heavy (non-hydrogen) atoms. The van der Waals surface area contributed by atoms with E-state index in [9.17, 15) is 4.79 Å². The van der Waals surface area contributed by atoms with Gasteiger partial charge in [0.15, 0.2) is 0 Å². The van der Waals surface area contributed by atoms with E-state index in [-0.39, 0.29) is 11.8 Å². The molecule has 1 fully saturated rings. The van der Waals surface area contributed by atoms with Crippen molar-refractivity contribution < 1.29 is 13.6 Å². The summed E-state index contributed by atoms with van der Waals surface area (Å²) < 4.78 is 10.9. The first-order chi connectivity index (χ1) is 13.7. The zero-order valence-corrected chi connectivity index (χ0v) is 15.9. The van der Waals surface area contributed by atoms with Gasteiger partial charge in [-0.3, -0.25) is 9.69 Å². The molecular formula is C21H24N4O3. The maximum absolute atomic E-state index is 12.2. The van der Waals surface area contributed by atoms with Crippen LogP contribution in [0.15, 0.2) is 51.7 Å². The van der Waals surface area contributed by atoms with Crippen LogP contribution in [0.1, 0.15) is 35.8 Å². The third kappa shape index (κ3) is 4.48. The first-order valence-electron chi connectivity index (χ1n) is 9.58. The predicted molar refractivity (Wildman–Crippen MR) is 103 cm³/mol. The predicted octanol–water partition coefficient (Wildman–Crippen LogP) is 3.13. The van der Waals surface area contributed by atoms with E-state index in [1.165, 1.54) is 5.56 Å². The Bertz CT molecular complexity index is 894. The minimum absolute atomic E-state index is 0.0547. The topological polar surface area (TPSA) is 84.4 Å². The molecule has 7 heteroatoms. The molecule has 146 valence electrons. The molecule has 0 atom stereocenters. The van der Waals surface area contributed by atoms with Gasteiger partial charge in [0.1, 0.15) is 6.26 Å². The van der Waals surface area contributed by atoms with E-state index in [2.05, 4.69) is 39.5 Å². The van der Waals surface area contributed by atoms with Crippen molar-refractivity contribution in [1.82, 2.24) is 20.4 Å². The minimum Gasteiger partial charge on any atom is -0.472 e. The third-order valence-electron chi connectivity index (χ3n) is 5.12. The number of carbonyl (C=O) groups excluding carboxylic acids is 1. The third-order valence-corrected chi connectivity index (χ3v) is 5.12. The highest BCUT2D eigenvalue weighted by Gasteiger charge is 2.26. The van der Waals surface area contributed by atoms with Gasteiger partial charge in [0, 0.05) is 12.5 Å². The number of furan rings is 1. The van der Waals surface area contributed by atoms with E-state index in [0.29, 0.717) is 24.9 Å². The van der Waals surface area contributed by atoms with Crippen molar-refractivity contribution >= 4 is 5.91 Å². The van der Waals surface area contributed by atoms with Gasteiger partial charge >= 0.3 is 0 Å². The summed E-state index contributed by atoms with van der Waals surface area (Å²) in [6, 6.07) is 10.0. The SMILES string of the molecule is Cc1ccc(CNC(=O)CN2CCC(c3nnc(-c4ccoc4)o3)CC2)cc1. The number of hydrogen-bond donors (Lipinski definition) is 1. The van der Waals surface area contributed by atoms with Crippen molar-refractivity contribution in [2.24, 2.45) is 0 Å². The second kappa shape index (κ2) is 8.39. The van der Waals surface area contributed by atoms with Gasteiger partial charge in [0.05, 0.1) is 18.4 Å². The Kier molecular flexibility index (Phi) is 5.53. The highest BCUT2D eigenvalue weighted by atomic mass is 16.4. The van der Waals surface area contributed by atoms with Crippen LogP contribution in [0.4, 0.5) is 0 Å². The fourth-order valence-electron chi connectivity index (χ4n) is 3.41. The fraction of sp³-hybridized carbons (Fsp3) is 0.381. The molecule has 4 rings (SSSR count). The maximum Gasteiger partial charge on any atom is 0.250 e. The zero-order chi connectivity index (χ0) is 19.3. The lowest BCUT2D eigenvalue weighted by Crippen LogP contribution is -2.41. The molecule has 0 bridgehead atoms. The molecule has 3 heterocycles. The fourth-order valence-corrected chi connectivity index (χ4v) is 3.41. The van der Waals surface area contributed by atoms with E-state index in [0.717, 1.165) is 37.1 Å². The smallest absolute Gasteiger partial charge is 0.250 e. The van der Waals surface area contributed by atoms with Gasteiger partial charge in [-0.05, 0) is 44.5 Å². The largest absolute Gasteiger partial charge is 0.472 e. The van der Waals surface area contributed by atoms with Crippen LogP contribution in [0.25, 0.3) is 11.5 Å². The van der Waals surface area contributed by atoms with Crippen LogP contribution in [0, 0.1) is 6.92 Å². The average molecular weight is 380 g/mol. The Morgan fingerprint density at radius 1 is 1.18 bits per heavy atom. The Hall–Kier alpha value is -2.93. The Morgan fingerprint density at radius 3 is 2.68 bits per heavy atom. The van der Waals surface area contributed by atoms with Crippen molar-refractivity contribution in [2.75, 3.05) is 19.6 Å². The molecule has 0 spiro atoms. The van der Waals surface area contributed by atoms with E-state index in [4.69, 9.17) is 8.83 Å². The monoisotopic (exact) mass is 380 g/mol. The van der Waals surface area contributed by atoms with E-state index in [1.807, 2.05) is 12.1 Å². The first-order valence-corrected chi connectivity index (χ1v) is 9.58. The van der Waals surface area contributed by atoms with Crippen LogP contribution in [-0.2, 0) is 11.3 Å². The number of aromatic nitrogens is 2. The van der Waals surface area contributed by atoms with Gasteiger partial charge in [-0.25, -0.2) is 0 Å². The number of hydrogen-bond acceptors (Lipinski definition) is 6. The molecule has 1 aliphatic heterocycles. The van der Waals surface area contributed by atoms with Crippen LogP contribution in [-0.4, -0.2) is 40.6 Å². The summed E-state index contributed by atoms with van der Waals surface area (Å²) in [5.74, 6) is 1.44. The lowest BCUT2D eigenvalue weighted by Gasteiger charge is -2.29. The van der Waals surface area contributed by atoms with Crippen molar-refractivity contribution in [1.29, 1.82) is 0 Å². The molecule has 0 radical (unpaired) electrons. The van der Waals surface area contributed by atoms with Crippen LogP contribution < -0.4 is 5.32 Å². The number of amides is 1. The second-order valence-corrected chi connectivity index (χ2v) is 7.27. The lowest BCUT2D eigenvalue weighted by molar-refractivity contribution is -0.122. The molecule has 1 amide bonds. The summed E-state index contributed by atoms with van der Waals surface area (Å²) in [6.45, 7) is 4.72. The molecule has 1 aromatic carbocycles. The summed E-state index contributed by atoms with van der Waals surface area (Å²) in [5, 5.41) is 11.3. The Labute approximate surface area is 163 Å². The highest BCUT2D eigenvalue weighted by Crippen LogP contribution is 2.29. The van der Waals surface area contributed by atoms with E-state index >= 15 is 0 Å².